The minimum atomic E-state index is -0.726. The monoisotopic (exact) mass is 288 g/mol. The van der Waals surface area contributed by atoms with Crippen molar-refractivity contribution >= 4 is 11.8 Å². The lowest BCUT2D eigenvalue weighted by Crippen LogP contribution is -2.33. The Kier molecular flexibility index (Phi) is 3.19. The molecule has 0 unspecified atom stereocenters. The fraction of sp³-hybridized carbons (Fsp3) is 0.214. The predicted octanol–water partition coefficient (Wildman–Crippen LogP) is 1.58. The highest BCUT2D eigenvalue weighted by atomic mass is 16.6. The summed E-state index contributed by atoms with van der Waals surface area (Å²) in [5, 5.41) is 23.2. The van der Waals surface area contributed by atoms with E-state index in [2.05, 4.69) is 5.32 Å². The van der Waals surface area contributed by atoms with Gasteiger partial charge in [0, 0.05) is 6.42 Å². The summed E-state index contributed by atoms with van der Waals surface area (Å²) in [6.07, 6.45) is -0.268. The van der Waals surface area contributed by atoms with E-state index >= 15 is 0 Å². The smallest absolute Gasteiger partial charge is 0.395 e. The predicted molar refractivity (Wildman–Crippen MR) is 71.7 cm³/mol. The van der Waals surface area contributed by atoms with Crippen molar-refractivity contribution < 1.29 is 19.2 Å². The van der Waals surface area contributed by atoms with Crippen LogP contribution in [-0.2, 0) is 6.42 Å². The largest absolute Gasteiger partial charge is 0.433 e. The second-order valence-corrected chi connectivity index (χ2v) is 4.82. The maximum atomic E-state index is 12.1. The van der Waals surface area contributed by atoms with Crippen molar-refractivity contribution in [2.24, 2.45) is 0 Å². The maximum Gasteiger partial charge on any atom is 0.433 e. The van der Waals surface area contributed by atoms with Gasteiger partial charge in [0.05, 0.1) is 18.2 Å². The number of nitro groups is 1. The third-order valence-corrected chi connectivity index (χ3v) is 3.49. The molecule has 0 saturated carbocycles. The van der Waals surface area contributed by atoms with E-state index in [1.54, 1.807) is 0 Å². The number of rotatable bonds is 3. The molecule has 7 nitrogen and oxygen atoms in total. The van der Waals surface area contributed by atoms with E-state index in [-0.39, 0.29) is 5.76 Å². The molecule has 3 rings (SSSR count). The first-order valence-corrected chi connectivity index (χ1v) is 6.37. The van der Waals surface area contributed by atoms with Gasteiger partial charge in [-0.2, -0.15) is 0 Å². The number of fused-ring (bicyclic) bond motifs is 1. The van der Waals surface area contributed by atoms with Crippen LogP contribution in [0.2, 0.25) is 0 Å². The molecule has 1 heterocycles. The number of benzene rings is 1. The number of nitrogens with zero attached hydrogens (tertiary/aromatic N) is 1. The van der Waals surface area contributed by atoms with E-state index < -0.39 is 28.9 Å². The van der Waals surface area contributed by atoms with Gasteiger partial charge >= 0.3 is 5.88 Å². The molecule has 0 aliphatic heterocycles. The SMILES string of the molecule is O=C(N[C@@H]1c2ccccc2C[C@@H]1O)c1ccc([N+](=O)[O-])o1. The van der Waals surface area contributed by atoms with Crippen LogP contribution in [0.4, 0.5) is 5.88 Å². The molecule has 0 fully saturated rings. The summed E-state index contributed by atoms with van der Waals surface area (Å²) in [5.41, 5.74) is 1.82. The number of carbonyl (C=O) groups excluding carboxylic acids is 1. The van der Waals surface area contributed by atoms with Crippen LogP contribution in [0.1, 0.15) is 27.7 Å². The van der Waals surface area contributed by atoms with Crippen LogP contribution in [0, 0.1) is 10.1 Å². The molecule has 21 heavy (non-hydrogen) atoms. The van der Waals surface area contributed by atoms with Gasteiger partial charge < -0.3 is 14.8 Å². The molecule has 1 aromatic heterocycles. The van der Waals surface area contributed by atoms with Crippen LogP contribution in [0.25, 0.3) is 0 Å². The highest BCUT2D eigenvalue weighted by Gasteiger charge is 2.32. The van der Waals surface area contributed by atoms with Crippen LogP contribution in [-0.4, -0.2) is 22.0 Å². The maximum absolute atomic E-state index is 12.1. The molecule has 2 atom stereocenters. The number of carbonyl (C=O) groups is 1. The molecule has 0 saturated heterocycles. The zero-order chi connectivity index (χ0) is 15.0. The van der Waals surface area contributed by atoms with E-state index in [4.69, 9.17) is 4.42 Å². The number of hydrogen-bond acceptors (Lipinski definition) is 5. The number of aliphatic hydroxyl groups excluding tert-OH is 1. The van der Waals surface area contributed by atoms with E-state index in [1.807, 2.05) is 24.3 Å². The number of hydrogen-bond donors (Lipinski definition) is 2. The molecular formula is C14H12N2O5. The van der Waals surface area contributed by atoms with Gasteiger partial charge in [-0.1, -0.05) is 24.3 Å². The summed E-state index contributed by atoms with van der Waals surface area (Å²) < 4.78 is 4.85. The molecule has 1 aliphatic rings. The molecule has 0 radical (unpaired) electrons. The fourth-order valence-electron chi connectivity index (χ4n) is 2.51. The number of nitrogens with one attached hydrogen (secondary N) is 1. The molecule has 1 amide bonds. The number of amides is 1. The van der Waals surface area contributed by atoms with Crippen molar-refractivity contribution in [1.82, 2.24) is 5.32 Å². The Balaban J connectivity index is 1.80. The standard InChI is InChI=1S/C14H12N2O5/c17-10-7-8-3-1-2-4-9(8)13(10)15-14(18)11-5-6-12(21-11)16(19)20/h1-6,10,13,17H,7H2,(H,15,18)/t10-,13+/m0/s1. The normalized spacial score (nSPS) is 20.0. The topological polar surface area (TPSA) is 106 Å². The Morgan fingerprint density at radius 2 is 2.10 bits per heavy atom. The highest BCUT2D eigenvalue weighted by Crippen LogP contribution is 2.31. The van der Waals surface area contributed by atoms with E-state index in [1.165, 1.54) is 6.07 Å². The van der Waals surface area contributed by atoms with E-state index in [9.17, 15) is 20.0 Å². The van der Waals surface area contributed by atoms with Crippen molar-refractivity contribution in [3.63, 3.8) is 0 Å². The Labute approximate surface area is 119 Å². The van der Waals surface area contributed by atoms with Gasteiger partial charge in [-0.3, -0.25) is 14.9 Å². The third-order valence-electron chi connectivity index (χ3n) is 3.49. The Morgan fingerprint density at radius 1 is 1.33 bits per heavy atom. The summed E-state index contributed by atoms with van der Waals surface area (Å²) in [5.74, 6) is -1.24. The number of furan rings is 1. The van der Waals surface area contributed by atoms with Crippen LogP contribution >= 0.6 is 0 Å². The Bertz CT molecular complexity index is 709. The average molecular weight is 288 g/mol. The lowest BCUT2D eigenvalue weighted by atomic mass is 10.1. The molecule has 0 spiro atoms. The first kappa shape index (κ1) is 13.3. The third kappa shape index (κ3) is 2.38. The first-order chi connectivity index (χ1) is 10.1. The van der Waals surface area contributed by atoms with Crippen LogP contribution in [0.5, 0.6) is 0 Å². The summed E-state index contributed by atoms with van der Waals surface area (Å²) in [4.78, 5) is 21.9. The van der Waals surface area contributed by atoms with Gasteiger partial charge in [0.1, 0.15) is 4.92 Å². The van der Waals surface area contributed by atoms with Crippen LogP contribution in [0.15, 0.2) is 40.8 Å². The lowest BCUT2D eigenvalue weighted by Gasteiger charge is -2.16. The van der Waals surface area contributed by atoms with Gasteiger partial charge in [0.15, 0.2) is 5.76 Å². The van der Waals surface area contributed by atoms with Gasteiger partial charge in [-0.15, -0.1) is 0 Å². The van der Waals surface area contributed by atoms with Gasteiger partial charge in [-0.05, 0) is 17.2 Å². The summed E-state index contributed by atoms with van der Waals surface area (Å²) >= 11 is 0. The molecule has 2 N–H and O–H groups in total. The lowest BCUT2D eigenvalue weighted by molar-refractivity contribution is -0.402. The molecule has 1 aromatic carbocycles. The first-order valence-electron chi connectivity index (χ1n) is 6.37. The van der Waals surface area contributed by atoms with Crippen molar-refractivity contribution in [3.8, 4) is 0 Å². The summed E-state index contributed by atoms with van der Waals surface area (Å²) in [6.45, 7) is 0. The summed E-state index contributed by atoms with van der Waals surface area (Å²) in [6, 6.07) is 9.23. The highest BCUT2D eigenvalue weighted by molar-refractivity contribution is 5.92. The van der Waals surface area contributed by atoms with Crippen molar-refractivity contribution in [3.05, 3.63) is 63.4 Å². The van der Waals surface area contributed by atoms with E-state index in [0.29, 0.717) is 6.42 Å². The summed E-state index contributed by atoms with van der Waals surface area (Å²) in [7, 11) is 0. The molecule has 1 aliphatic carbocycles. The van der Waals surface area contributed by atoms with Crippen LogP contribution in [0.3, 0.4) is 0 Å². The van der Waals surface area contributed by atoms with Crippen molar-refractivity contribution in [1.29, 1.82) is 0 Å². The zero-order valence-corrected chi connectivity index (χ0v) is 10.9. The van der Waals surface area contributed by atoms with Gasteiger partial charge in [-0.25, -0.2) is 0 Å². The minimum absolute atomic E-state index is 0.154. The minimum Gasteiger partial charge on any atom is -0.395 e. The average Bonchev–Trinajstić information content (AvgIpc) is 3.05. The Hall–Kier alpha value is -2.67. The zero-order valence-electron chi connectivity index (χ0n) is 10.9. The van der Waals surface area contributed by atoms with Crippen molar-refractivity contribution in [2.45, 2.75) is 18.6 Å². The fourth-order valence-corrected chi connectivity index (χ4v) is 2.51. The molecule has 7 heteroatoms. The van der Waals surface area contributed by atoms with Gasteiger partial charge in [0.25, 0.3) is 5.91 Å². The number of aliphatic hydroxyl groups is 1. The second-order valence-electron chi connectivity index (χ2n) is 4.82. The second kappa shape index (κ2) is 5.02. The quantitative estimate of drug-likeness (QED) is 0.658. The molecule has 2 aromatic rings. The van der Waals surface area contributed by atoms with Crippen molar-refractivity contribution in [2.75, 3.05) is 0 Å². The molecule has 0 bridgehead atoms. The van der Waals surface area contributed by atoms with E-state index in [0.717, 1.165) is 17.2 Å². The van der Waals surface area contributed by atoms with Gasteiger partial charge in [0.2, 0.25) is 0 Å². The van der Waals surface area contributed by atoms with Crippen LogP contribution < -0.4 is 5.32 Å². The Morgan fingerprint density at radius 3 is 2.81 bits per heavy atom. The molecule has 108 valence electrons. The molecular weight excluding hydrogens is 276 g/mol.